The van der Waals surface area contributed by atoms with Gasteiger partial charge in [0.05, 0.1) is 0 Å². The Morgan fingerprint density at radius 1 is 1.04 bits per heavy atom. The summed E-state index contributed by atoms with van der Waals surface area (Å²) >= 11 is 0. The Labute approximate surface area is 141 Å². The summed E-state index contributed by atoms with van der Waals surface area (Å²) in [5.74, 6) is 0.373. The summed E-state index contributed by atoms with van der Waals surface area (Å²) in [4.78, 5) is 12.2. The van der Waals surface area contributed by atoms with Crippen LogP contribution in [0.5, 0.6) is 0 Å². The van der Waals surface area contributed by atoms with Crippen molar-refractivity contribution in [2.45, 2.75) is 83.7 Å². The van der Waals surface area contributed by atoms with E-state index in [1.807, 2.05) is 0 Å². The molecule has 0 spiro atoms. The molecule has 2 rings (SSSR count). The lowest BCUT2D eigenvalue weighted by Gasteiger charge is -2.31. The first-order valence-corrected chi connectivity index (χ1v) is 10.8. The number of hydrogen-bond acceptors (Lipinski definition) is 3. The first-order valence-electron chi connectivity index (χ1n) is 9.19. The van der Waals surface area contributed by atoms with Gasteiger partial charge in [-0.1, -0.05) is 33.1 Å². The van der Waals surface area contributed by atoms with Crippen LogP contribution in [0.1, 0.15) is 71.6 Å². The summed E-state index contributed by atoms with van der Waals surface area (Å²) in [6, 6.07) is 0.147. The predicted octanol–water partition coefficient (Wildman–Crippen LogP) is 2.57. The molecule has 2 aliphatic rings. The molecule has 2 aliphatic carbocycles. The number of hydrogen-bond donors (Lipinski definition) is 2. The van der Waals surface area contributed by atoms with Crippen LogP contribution in [-0.4, -0.2) is 32.2 Å². The van der Waals surface area contributed by atoms with E-state index in [2.05, 4.69) is 23.9 Å². The zero-order valence-electron chi connectivity index (χ0n) is 14.5. The summed E-state index contributed by atoms with van der Waals surface area (Å²) in [5, 5.41) is 2.96. The molecule has 0 heterocycles. The van der Waals surface area contributed by atoms with Crippen LogP contribution < -0.4 is 10.0 Å². The van der Waals surface area contributed by atoms with Crippen LogP contribution >= 0.6 is 0 Å². The topological polar surface area (TPSA) is 75.3 Å². The second-order valence-corrected chi connectivity index (χ2v) is 9.21. The van der Waals surface area contributed by atoms with Crippen molar-refractivity contribution >= 4 is 15.9 Å². The summed E-state index contributed by atoms with van der Waals surface area (Å²) in [5.41, 5.74) is 0. The Bertz CT molecular complexity index is 484. The van der Waals surface area contributed by atoms with Gasteiger partial charge < -0.3 is 5.32 Å². The number of nitrogens with one attached hydrogen (secondary N) is 2. The van der Waals surface area contributed by atoms with Crippen molar-refractivity contribution in [1.29, 1.82) is 0 Å². The van der Waals surface area contributed by atoms with Crippen LogP contribution in [0, 0.1) is 11.8 Å². The highest BCUT2D eigenvalue weighted by molar-refractivity contribution is 7.90. The van der Waals surface area contributed by atoms with E-state index in [-0.39, 0.29) is 18.0 Å². The van der Waals surface area contributed by atoms with Gasteiger partial charge in [0.2, 0.25) is 15.9 Å². The molecule has 0 bridgehead atoms. The Hall–Kier alpha value is -0.620. The molecule has 6 heteroatoms. The molecule has 0 radical (unpaired) electrons. The predicted molar refractivity (Wildman–Crippen MR) is 92.5 cm³/mol. The molecule has 0 aromatic carbocycles. The third kappa shape index (κ3) is 6.07. The summed E-state index contributed by atoms with van der Waals surface area (Å²) < 4.78 is 27.1. The maximum atomic E-state index is 12.2. The molecule has 0 aliphatic heterocycles. The highest BCUT2D eigenvalue weighted by Gasteiger charge is 2.28. The van der Waals surface area contributed by atoms with Gasteiger partial charge in [0, 0.05) is 12.1 Å². The van der Waals surface area contributed by atoms with Gasteiger partial charge in [-0.3, -0.25) is 4.79 Å². The second kappa shape index (κ2) is 8.47. The first kappa shape index (κ1) is 18.7. The van der Waals surface area contributed by atoms with E-state index in [9.17, 15) is 13.2 Å². The maximum absolute atomic E-state index is 12.2. The molecule has 0 saturated heterocycles. The van der Waals surface area contributed by atoms with Gasteiger partial charge in [-0.2, -0.15) is 0 Å². The van der Waals surface area contributed by atoms with Gasteiger partial charge in [0.15, 0.2) is 0 Å². The molecule has 2 saturated carbocycles. The number of rotatable bonds is 6. The number of carbonyl (C=O) groups excluding carboxylic acids is 1. The second-order valence-electron chi connectivity index (χ2n) is 7.46. The average Bonchev–Trinajstić information content (AvgIpc) is 2.49. The third-order valence-corrected chi connectivity index (χ3v) is 6.80. The normalized spacial score (nSPS) is 32.4. The monoisotopic (exact) mass is 344 g/mol. The Morgan fingerprint density at radius 3 is 2.35 bits per heavy atom. The molecule has 0 aromatic rings. The lowest BCUT2D eigenvalue weighted by Crippen LogP contribution is -2.47. The van der Waals surface area contributed by atoms with Crippen molar-refractivity contribution in [2.24, 2.45) is 11.8 Å². The fraction of sp³-hybridized carbons (Fsp3) is 0.941. The van der Waals surface area contributed by atoms with Gasteiger partial charge in [-0.25, -0.2) is 13.1 Å². The van der Waals surface area contributed by atoms with Crippen LogP contribution in [0.3, 0.4) is 0 Å². The van der Waals surface area contributed by atoms with E-state index < -0.39 is 15.8 Å². The minimum atomic E-state index is -3.53. The summed E-state index contributed by atoms with van der Waals surface area (Å²) in [6.07, 6.45) is 9.34. The number of carbonyl (C=O) groups is 1. The zero-order chi connectivity index (χ0) is 16.9. The van der Waals surface area contributed by atoms with E-state index in [0.717, 1.165) is 51.4 Å². The molecule has 2 fully saturated rings. The van der Waals surface area contributed by atoms with Crippen LogP contribution in [0.25, 0.3) is 0 Å². The quantitative estimate of drug-likeness (QED) is 0.777. The average molecular weight is 345 g/mol. The smallest absolute Gasteiger partial charge is 0.236 e. The van der Waals surface area contributed by atoms with E-state index in [4.69, 9.17) is 0 Å². The number of sulfonamides is 1. The van der Waals surface area contributed by atoms with Crippen LogP contribution in [-0.2, 0) is 14.8 Å². The van der Waals surface area contributed by atoms with E-state index in [1.54, 1.807) is 0 Å². The fourth-order valence-corrected chi connectivity index (χ4v) is 5.24. The molecule has 0 aromatic heterocycles. The van der Waals surface area contributed by atoms with E-state index in [1.165, 1.54) is 6.42 Å². The molecular weight excluding hydrogens is 312 g/mol. The largest absolute Gasteiger partial charge is 0.352 e. The minimum absolute atomic E-state index is 0.00192. The first-order chi connectivity index (χ1) is 10.9. The van der Waals surface area contributed by atoms with Gasteiger partial charge >= 0.3 is 0 Å². The van der Waals surface area contributed by atoms with Crippen molar-refractivity contribution in [3.05, 3.63) is 0 Å². The summed E-state index contributed by atoms with van der Waals surface area (Å²) in [6.45, 7) is 4.34. The Kier molecular flexibility index (Phi) is 6.89. The molecule has 2 unspecified atom stereocenters. The van der Waals surface area contributed by atoms with Crippen molar-refractivity contribution in [3.63, 3.8) is 0 Å². The van der Waals surface area contributed by atoms with Crippen LogP contribution in [0.4, 0.5) is 0 Å². The SMILES string of the molecule is CCC1CCCCC1NC(=O)CS(=O)(=O)NC1CCC(C)CC1. The fourth-order valence-electron chi connectivity index (χ4n) is 3.98. The third-order valence-electron chi connectivity index (χ3n) is 5.46. The lowest BCUT2D eigenvalue weighted by atomic mass is 9.83. The Balaban J connectivity index is 1.81. The van der Waals surface area contributed by atoms with Gasteiger partial charge in [-0.05, 0) is 50.4 Å². The molecule has 1 amide bonds. The molecule has 2 atom stereocenters. The summed E-state index contributed by atoms with van der Waals surface area (Å²) in [7, 11) is -3.53. The highest BCUT2D eigenvalue weighted by atomic mass is 32.2. The van der Waals surface area contributed by atoms with Crippen molar-refractivity contribution in [3.8, 4) is 0 Å². The van der Waals surface area contributed by atoms with Crippen molar-refractivity contribution in [2.75, 3.05) is 5.75 Å². The molecule has 134 valence electrons. The van der Waals surface area contributed by atoms with Crippen molar-refractivity contribution < 1.29 is 13.2 Å². The van der Waals surface area contributed by atoms with Crippen molar-refractivity contribution in [1.82, 2.24) is 10.0 Å². The van der Waals surface area contributed by atoms with Gasteiger partial charge in [-0.15, -0.1) is 0 Å². The molecule has 23 heavy (non-hydrogen) atoms. The van der Waals surface area contributed by atoms with E-state index in [0.29, 0.717) is 11.8 Å². The standard InChI is InChI=1S/C17H32N2O3S/c1-3-14-6-4-5-7-16(14)18-17(20)12-23(21,22)19-15-10-8-13(2)9-11-15/h13-16,19H,3-12H2,1-2H3,(H,18,20). The van der Waals surface area contributed by atoms with Gasteiger partial charge in [0.1, 0.15) is 5.75 Å². The molecule has 2 N–H and O–H groups in total. The Morgan fingerprint density at radius 2 is 1.70 bits per heavy atom. The van der Waals surface area contributed by atoms with E-state index >= 15 is 0 Å². The van der Waals surface area contributed by atoms with Crippen LogP contribution in [0.15, 0.2) is 0 Å². The van der Waals surface area contributed by atoms with Gasteiger partial charge in [0.25, 0.3) is 0 Å². The highest BCUT2D eigenvalue weighted by Crippen LogP contribution is 2.27. The maximum Gasteiger partial charge on any atom is 0.236 e. The minimum Gasteiger partial charge on any atom is -0.352 e. The zero-order valence-corrected chi connectivity index (χ0v) is 15.3. The number of amides is 1. The molecule has 5 nitrogen and oxygen atoms in total. The lowest BCUT2D eigenvalue weighted by molar-refractivity contribution is -0.119. The van der Waals surface area contributed by atoms with Crippen LogP contribution in [0.2, 0.25) is 0 Å². The molecular formula is C17H32N2O3S.